The van der Waals surface area contributed by atoms with Gasteiger partial charge in [0.2, 0.25) is 0 Å². The number of halogens is 2. The maximum absolute atomic E-state index is 6.19. The lowest BCUT2D eigenvalue weighted by molar-refractivity contribution is 0.753. The van der Waals surface area contributed by atoms with E-state index in [2.05, 4.69) is 26.0 Å². The zero-order valence-corrected chi connectivity index (χ0v) is 14.7. The Kier molecular flexibility index (Phi) is 4.28. The number of thiophene rings is 2. The fourth-order valence-corrected chi connectivity index (χ4v) is 5.43. The van der Waals surface area contributed by atoms with Crippen molar-refractivity contribution in [3.8, 4) is 0 Å². The van der Waals surface area contributed by atoms with E-state index in [0.717, 1.165) is 21.5 Å². The van der Waals surface area contributed by atoms with Gasteiger partial charge >= 0.3 is 0 Å². The number of allylic oxidation sites excluding steroid dienone is 2. The van der Waals surface area contributed by atoms with Gasteiger partial charge in [-0.1, -0.05) is 23.2 Å². The molecule has 0 nitrogen and oxygen atoms in total. The highest BCUT2D eigenvalue weighted by molar-refractivity contribution is 7.16. The second kappa shape index (κ2) is 5.84. The molecule has 0 saturated heterocycles. The number of aryl methyl sites for hydroxylation is 2. The van der Waals surface area contributed by atoms with Crippen molar-refractivity contribution in [2.75, 3.05) is 0 Å². The maximum atomic E-state index is 6.19. The van der Waals surface area contributed by atoms with E-state index >= 15 is 0 Å². The zero-order chi connectivity index (χ0) is 14.3. The van der Waals surface area contributed by atoms with Crippen molar-refractivity contribution in [3.63, 3.8) is 0 Å². The van der Waals surface area contributed by atoms with Gasteiger partial charge in [0, 0.05) is 9.75 Å². The first-order chi connectivity index (χ1) is 9.56. The SMILES string of the molecule is Cc1sc(Cl)cc1C1=C(c2cc(Cl)sc2C)CCCC1. The number of hydrogen-bond acceptors (Lipinski definition) is 2. The number of hydrogen-bond donors (Lipinski definition) is 0. The molecule has 1 aliphatic rings. The van der Waals surface area contributed by atoms with Gasteiger partial charge in [-0.05, 0) is 73.9 Å². The molecule has 0 N–H and O–H groups in total. The average Bonchev–Trinajstić information content (AvgIpc) is 2.91. The molecule has 0 radical (unpaired) electrons. The Balaban J connectivity index is 2.17. The van der Waals surface area contributed by atoms with Crippen LogP contribution in [-0.2, 0) is 0 Å². The molecule has 3 rings (SSSR count). The summed E-state index contributed by atoms with van der Waals surface area (Å²) in [5.74, 6) is 0. The largest absolute Gasteiger partial charge is 0.128 e. The van der Waals surface area contributed by atoms with Gasteiger partial charge in [0.25, 0.3) is 0 Å². The zero-order valence-electron chi connectivity index (χ0n) is 11.6. The minimum atomic E-state index is 0.884. The summed E-state index contributed by atoms with van der Waals surface area (Å²) < 4.78 is 1.77. The molecule has 0 amide bonds. The van der Waals surface area contributed by atoms with Gasteiger partial charge < -0.3 is 0 Å². The molecular formula is C16H16Cl2S2. The first-order valence-corrected chi connectivity index (χ1v) is 9.20. The van der Waals surface area contributed by atoms with Gasteiger partial charge in [-0.3, -0.25) is 0 Å². The highest BCUT2D eigenvalue weighted by Crippen LogP contribution is 2.44. The van der Waals surface area contributed by atoms with Gasteiger partial charge in [0.1, 0.15) is 0 Å². The molecule has 2 aromatic rings. The van der Waals surface area contributed by atoms with Crippen LogP contribution in [0.1, 0.15) is 46.6 Å². The van der Waals surface area contributed by atoms with Crippen molar-refractivity contribution >= 4 is 57.0 Å². The summed E-state index contributed by atoms with van der Waals surface area (Å²) >= 11 is 15.7. The summed E-state index contributed by atoms with van der Waals surface area (Å²) in [6.07, 6.45) is 4.83. The van der Waals surface area contributed by atoms with Crippen molar-refractivity contribution in [1.82, 2.24) is 0 Å². The van der Waals surface area contributed by atoms with E-state index in [0.29, 0.717) is 0 Å². The minimum absolute atomic E-state index is 0.884. The quantitative estimate of drug-likeness (QED) is 0.540. The molecule has 2 aromatic heterocycles. The topological polar surface area (TPSA) is 0 Å². The van der Waals surface area contributed by atoms with Crippen molar-refractivity contribution in [2.24, 2.45) is 0 Å². The maximum Gasteiger partial charge on any atom is 0.0937 e. The van der Waals surface area contributed by atoms with Crippen molar-refractivity contribution in [3.05, 3.63) is 41.7 Å². The van der Waals surface area contributed by atoms with Crippen LogP contribution in [0, 0.1) is 13.8 Å². The molecule has 0 atom stereocenters. The molecular weight excluding hydrogens is 327 g/mol. The third-order valence-electron chi connectivity index (χ3n) is 3.89. The van der Waals surface area contributed by atoms with Crippen LogP contribution in [0.3, 0.4) is 0 Å². The Bertz CT molecular complexity index is 618. The molecule has 4 heteroatoms. The Hall–Kier alpha value is -0.280. The predicted molar refractivity (Wildman–Crippen MR) is 93.4 cm³/mol. The summed E-state index contributed by atoms with van der Waals surface area (Å²) in [4.78, 5) is 2.65. The highest BCUT2D eigenvalue weighted by Gasteiger charge is 2.21. The fraction of sp³-hybridized carbons (Fsp3) is 0.375. The average molecular weight is 343 g/mol. The normalized spacial score (nSPS) is 16.0. The second-order valence-electron chi connectivity index (χ2n) is 5.20. The van der Waals surface area contributed by atoms with Gasteiger partial charge in [-0.25, -0.2) is 0 Å². The third kappa shape index (κ3) is 2.71. The Morgan fingerprint density at radius 2 is 1.20 bits per heavy atom. The van der Waals surface area contributed by atoms with E-state index in [9.17, 15) is 0 Å². The summed E-state index contributed by atoms with van der Waals surface area (Å²) in [6.45, 7) is 4.33. The fourth-order valence-electron chi connectivity index (χ4n) is 2.99. The summed E-state index contributed by atoms with van der Waals surface area (Å²) in [5.41, 5.74) is 5.65. The Morgan fingerprint density at radius 1 is 0.800 bits per heavy atom. The molecule has 0 fully saturated rings. The standard InChI is InChI=1S/C16H16Cl2S2/c1-9-13(7-15(17)19-9)11-5-3-4-6-12(11)14-8-16(18)20-10(14)2/h7-8H,3-6H2,1-2H3. The molecule has 106 valence electrons. The lowest BCUT2D eigenvalue weighted by atomic mass is 9.84. The molecule has 0 unspecified atom stereocenters. The highest BCUT2D eigenvalue weighted by atomic mass is 35.5. The molecule has 20 heavy (non-hydrogen) atoms. The van der Waals surface area contributed by atoms with Crippen LogP contribution in [0.15, 0.2) is 12.1 Å². The lowest BCUT2D eigenvalue weighted by Gasteiger charge is -2.21. The molecule has 0 spiro atoms. The minimum Gasteiger partial charge on any atom is -0.128 e. The van der Waals surface area contributed by atoms with Crippen LogP contribution in [0.4, 0.5) is 0 Å². The van der Waals surface area contributed by atoms with Crippen LogP contribution in [-0.4, -0.2) is 0 Å². The first-order valence-electron chi connectivity index (χ1n) is 6.81. The van der Waals surface area contributed by atoms with Crippen LogP contribution < -0.4 is 0 Å². The molecule has 0 aliphatic heterocycles. The van der Waals surface area contributed by atoms with Crippen LogP contribution in [0.2, 0.25) is 8.67 Å². The van der Waals surface area contributed by atoms with E-state index in [1.54, 1.807) is 22.7 Å². The predicted octanol–water partition coefficient (Wildman–Crippen LogP) is 7.22. The summed E-state index contributed by atoms with van der Waals surface area (Å²) in [6, 6.07) is 4.26. The molecule has 2 heterocycles. The third-order valence-corrected chi connectivity index (χ3v) is 6.25. The second-order valence-corrected chi connectivity index (χ2v) is 8.98. The van der Waals surface area contributed by atoms with Crippen LogP contribution in [0.25, 0.3) is 11.1 Å². The van der Waals surface area contributed by atoms with Crippen LogP contribution >= 0.6 is 45.9 Å². The summed E-state index contributed by atoms with van der Waals surface area (Å²) in [5, 5.41) is 0. The van der Waals surface area contributed by atoms with Crippen molar-refractivity contribution in [2.45, 2.75) is 39.5 Å². The summed E-state index contributed by atoms with van der Waals surface area (Å²) in [7, 11) is 0. The Labute approximate surface area is 138 Å². The first kappa shape index (κ1) is 14.6. The molecule has 0 aromatic carbocycles. The van der Waals surface area contributed by atoms with E-state index in [1.807, 2.05) is 0 Å². The van der Waals surface area contributed by atoms with Crippen molar-refractivity contribution < 1.29 is 0 Å². The number of rotatable bonds is 2. The molecule has 0 bridgehead atoms. The van der Waals surface area contributed by atoms with Gasteiger partial charge in [0.15, 0.2) is 0 Å². The van der Waals surface area contributed by atoms with E-state index in [1.165, 1.54) is 44.9 Å². The van der Waals surface area contributed by atoms with Crippen LogP contribution in [0.5, 0.6) is 0 Å². The van der Waals surface area contributed by atoms with E-state index in [-0.39, 0.29) is 0 Å². The lowest BCUT2D eigenvalue weighted by Crippen LogP contribution is -1.99. The molecule has 0 saturated carbocycles. The van der Waals surface area contributed by atoms with Gasteiger partial charge in [-0.2, -0.15) is 0 Å². The van der Waals surface area contributed by atoms with Gasteiger partial charge in [0.05, 0.1) is 8.67 Å². The smallest absolute Gasteiger partial charge is 0.0937 e. The van der Waals surface area contributed by atoms with Crippen molar-refractivity contribution in [1.29, 1.82) is 0 Å². The van der Waals surface area contributed by atoms with E-state index in [4.69, 9.17) is 23.2 Å². The van der Waals surface area contributed by atoms with Gasteiger partial charge in [-0.15, -0.1) is 22.7 Å². The Morgan fingerprint density at radius 3 is 1.50 bits per heavy atom. The van der Waals surface area contributed by atoms with E-state index < -0.39 is 0 Å². The molecule has 1 aliphatic carbocycles. The monoisotopic (exact) mass is 342 g/mol.